The minimum Gasteiger partial charge on any atom is -0.429 e. The maximum atomic E-state index is 2.28. The average Bonchev–Trinajstić information content (AvgIpc) is 2.91. The van der Waals surface area contributed by atoms with Gasteiger partial charge >= 0.3 is 42.9 Å². The zero-order valence-electron chi connectivity index (χ0n) is 17.8. The van der Waals surface area contributed by atoms with Crippen molar-refractivity contribution < 1.29 is 17.1 Å². The zero-order valence-corrected chi connectivity index (χ0v) is 32.8. The van der Waals surface area contributed by atoms with Crippen molar-refractivity contribution in [3.63, 3.8) is 0 Å². The third-order valence-corrected chi connectivity index (χ3v) is 16.7. The molecule has 0 unspecified atom stereocenters. The molecule has 0 N–H and O–H groups in total. The van der Waals surface area contributed by atoms with E-state index in [9.17, 15) is 0 Å². The Hall–Kier alpha value is 0.958. The van der Waals surface area contributed by atoms with Crippen LogP contribution >= 0.6 is 0 Å². The van der Waals surface area contributed by atoms with Gasteiger partial charge in [0.1, 0.15) is 0 Å². The minimum atomic E-state index is 0. The number of hydrogen-bond donors (Lipinski definition) is 0. The van der Waals surface area contributed by atoms with Crippen LogP contribution in [0.4, 0.5) is 0 Å². The Morgan fingerprint density at radius 2 is 0.500 bits per heavy atom. The molecule has 32 heavy (non-hydrogen) atoms. The van der Waals surface area contributed by atoms with Crippen molar-refractivity contribution in [2.24, 2.45) is 0 Å². The zero-order chi connectivity index (χ0) is 21.2. The summed E-state index contributed by atoms with van der Waals surface area (Å²) in [5, 5.41) is 0. The summed E-state index contributed by atoms with van der Waals surface area (Å²) in [4.78, 5) is 0. The molecule has 0 saturated carbocycles. The molecule has 0 aliphatic heterocycles. The van der Waals surface area contributed by atoms with E-state index in [0.717, 1.165) is 43.1 Å². The van der Waals surface area contributed by atoms with Gasteiger partial charge < -0.3 is 43.1 Å². The summed E-state index contributed by atoms with van der Waals surface area (Å²) < 4.78 is 0. The first-order chi connectivity index (χ1) is 15.0. The van der Waals surface area contributed by atoms with Crippen molar-refractivity contribution in [3.05, 3.63) is 117 Å². The molecule has 159 valence electrons. The molecule has 0 bridgehead atoms. The van der Waals surface area contributed by atoms with E-state index in [2.05, 4.69) is 117 Å². The minimum absolute atomic E-state index is 0. The van der Waals surface area contributed by atoms with E-state index in [1.807, 2.05) is 0 Å². The first-order valence-electron chi connectivity index (χ1n) is 9.55. The maximum absolute atomic E-state index is 2.28. The molecule has 0 spiro atoms. The van der Waals surface area contributed by atoms with Crippen LogP contribution in [0.25, 0.3) is 0 Å². The van der Waals surface area contributed by atoms with Crippen LogP contribution in [-0.2, 0) is 17.1 Å². The van der Waals surface area contributed by atoms with Crippen molar-refractivity contribution in [2.75, 3.05) is 0 Å². The molecule has 0 aromatic carbocycles. The molecule has 5 heterocycles. The van der Waals surface area contributed by atoms with Gasteiger partial charge in [-0.1, -0.05) is 30.3 Å². The first-order valence-corrected chi connectivity index (χ1v) is 27.3. The standard InChI is InChI=1S/5C4H5Si2.Cu.In/c5*1-2-4-6-5-3-1;;/h5*1-5H;;/q5*-1;+2;+3. The van der Waals surface area contributed by atoms with E-state index in [1.165, 1.54) is 0 Å². The Labute approximate surface area is 243 Å². The van der Waals surface area contributed by atoms with Gasteiger partial charge in [0, 0.05) is 0 Å². The Morgan fingerprint density at radius 1 is 0.312 bits per heavy atom. The van der Waals surface area contributed by atoms with E-state index in [1.54, 1.807) is 0 Å². The van der Waals surface area contributed by atoms with Crippen LogP contribution in [0.3, 0.4) is 0 Å². The Morgan fingerprint density at radius 3 is 0.531 bits per heavy atom. The summed E-state index contributed by atoms with van der Waals surface area (Å²) in [6.07, 6.45) is 0. The van der Waals surface area contributed by atoms with Crippen molar-refractivity contribution in [1.82, 2.24) is 0 Å². The Kier molecular flexibility index (Phi) is 35.1. The Bertz CT molecular complexity index is 583. The van der Waals surface area contributed by atoms with Gasteiger partial charge in [-0.15, -0.1) is 58.7 Å². The number of hydrogen-bond acceptors (Lipinski definition) is 0. The van der Waals surface area contributed by atoms with Crippen LogP contribution in [0.2, 0.25) is 0 Å². The summed E-state index contributed by atoms with van der Waals surface area (Å²) in [6, 6.07) is 21.3. The second-order valence-electron chi connectivity index (χ2n) is 5.39. The molecule has 0 aliphatic rings. The first kappa shape index (κ1) is 35.1. The third kappa shape index (κ3) is 29.0. The van der Waals surface area contributed by atoms with Crippen LogP contribution in [0.1, 0.15) is 0 Å². The van der Waals surface area contributed by atoms with Gasteiger partial charge in [-0.2, -0.15) is 43.1 Å². The smallest absolute Gasteiger partial charge is 0.429 e. The van der Waals surface area contributed by atoms with Gasteiger partial charge in [0.25, 0.3) is 0 Å². The SMILES string of the molecule is [Cu+2].[In+3].c1cc[siH][si-]c1.c1cc[siH][si-]c1.c1cc[siH][si-]c1.c1cc[siH][si-]c1.c1cc[siH][si-]c1. The van der Waals surface area contributed by atoms with Gasteiger partial charge in [-0.25, -0.2) is 0 Å². The molecule has 0 amide bonds. The molecular weight excluding hydrogens is 699 g/mol. The molecule has 0 fully saturated rings. The van der Waals surface area contributed by atoms with E-state index < -0.39 is 0 Å². The maximum Gasteiger partial charge on any atom is 3.00 e. The number of rotatable bonds is 0. The van der Waals surface area contributed by atoms with Crippen molar-refractivity contribution >= 4 is 112 Å². The van der Waals surface area contributed by atoms with Gasteiger partial charge in [0.2, 0.25) is 0 Å². The second kappa shape index (κ2) is 32.0. The van der Waals surface area contributed by atoms with E-state index in [0.29, 0.717) is 43.1 Å². The van der Waals surface area contributed by atoms with Crippen LogP contribution in [-0.4, -0.2) is 112 Å². The molecule has 1 radical (unpaired) electrons. The molecular formula is C20H25CuInSi10. The summed E-state index contributed by atoms with van der Waals surface area (Å²) >= 11 is 0. The molecule has 0 nitrogen and oxygen atoms in total. The molecule has 0 saturated heterocycles. The van der Waals surface area contributed by atoms with Gasteiger partial charge in [0.05, 0.1) is 0 Å². The average molecular weight is 725 g/mol. The normalized spacial score (nSPS) is 7.50. The van der Waals surface area contributed by atoms with Gasteiger partial charge in [-0.3, -0.25) is 28.4 Å². The summed E-state index contributed by atoms with van der Waals surface area (Å²) in [5.74, 6) is 0. The quantitative estimate of drug-likeness (QED) is 0.199. The summed E-state index contributed by atoms with van der Waals surface area (Å²) in [6.45, 7) is 0. The second-order valence-corrected chi connectivity index (χ2v) is 22.3. The summed E-state index contributed by atoms with van der Waals surface area (Å²) in [7, 11) is 8.92. The fraction of sp³-hybridized carbons (Fsp3) is 0. The molecule has 0 atom stereocenters. The van der Waals surface area contributed by atoms with Crippen molar-refractivity contribution in [3.8, 4) is 0 Å². The van der Waals surface area contributed by atoms with Crippen LogP contribution < -0.4 is 0 Å². The van der Waals surface area contributed by atoms with Crippen LogP contribution in [0, 0.1) is 0 Å². The fourth-order valence-corrected chi connectivity index (χ4v) is 11.8. The van der Waals surface area contributed by atoms with Gasteiger partial charge in [-0.05, 0) is 0 Å². The van der Waals surface area contributed by atoms with E-state index >= 15 is 0 Å². The largest absolute Gasteiger partial charge is 3.00 e. The van der Waals surface area contributed by atoms with E-state index in [-0.39, 0.29) is 42.9 Å². The molecule has 5 aromatic rings. The van der Waals surface area contributed by atoms with E-state index in [4.69, 9.17) is 0 Å². The predicted molar refractivity (Wildman–Crippen MR) is 158 cm³/mol. The topological polar surface area (TPSA) is 0 Å². The molecule has 5 aromatic heterocycles. The fourth-order valence-electron chi connectivity index (χ4n) is 1.71. The molecule has 0 aliphatic carbocycles. The van der Waals surface area contributed by atoms with Crippen LogP contribution in [0.15, 0.2) is 117 Å². The van der Waals surface area contributed by atoms with Crippen molar-refractivity contribution in [2.45, 2.75) is 0 Å². The summed E-state index contributed by atoms with van der Waals surface area (Å²) in [5.41, 5.74) is 22.6. The third-order valence-electron chi connectivity index (χ3n) is 3.04. The molecule has 12 heteroatoms. The van der Waals surface area contributed by atoms with Gasteiger partial charge in [0.15, 0.2) is 0 Å². The monoisotopic (exact) mass is 723 g/mol. The predicted octanol–water partition coefficient (Wildman–Crippen LogP) is 0.0922. The Balaban J connectivity index is 0. The van der Waals surface area contributed by atoms with Crippen LogP contribution in [0.5, 0.6) is 0 Å². The molecule has 5 rings (SSSR count). The van der Waals surface area contributed by atoms with Crippen molar-refractivity contribution in [1.29, 1.82) is 0 Å².